The normalized spacial score (nSPS) is 23.0. The highest BCUT2D eigenvalue weighted by molar-refractivity contribution is 6.74. The highest BCUT2D eigenvalue weighted by Crippen LogP contribution is 2.38. The zero-order valence-corrected chi connectivity index (χ0v) is 18.5. The summed E-state index contributed by atoms with van der Waals surface area (Å²) < 4.78 is 12.7. The third-order valence-electron chi connectivity index (χ3n) is 5.48. The first kappa shape index (κ1) is 22.6. The van der Waals surface area contributed by atoms with Crippen molar-refractivity contribution < 1.29 is 14.3 Å². The molecule has 0 aromatic heterocycles. The zero-order chi connectivity index (χ0) is 19.1. The predicted molar refractivity (Wildman–Crippen MR) is 109 cm³/mol. The van der Waals surface area contributed by atoms with Crippen molar-refractivity contribution in [3.63, 3.8) is 0 Å². The van der Waals surface area contributed by atoms with E-state index < -0.39 is 8.32 Å². The first-order valence-electron chi connectivity index (χ1n) is 9.81. The van der Waals surface area contributed by atoms with Crippen LogP contribution in [0, 0.1) is 5.92 Å². The van der Waals surface area contributed by atoms with Crippen molar-refractivity contribution in [2.45, 2.75) is 90.6 Å². The second-order valence-corrected chi connectivity index (χ2v) is 13.9. The molecule has 0 spiro atoms. The molecule has 1 N–H and O–H groups in total. The van der Waals surface area contributed by atoms with Crippen molar-refractivity contribution in [1.29, 1.82) is 0 Å². The van der Waals surface area contributed by atoms with E-state index in [1.54, 1.807) is 0 Å². The molecule has 0 aromatic carbocycles. The molecule has 0 bridgehead atoms. The zero-order valence-electron chi connectivity index (χ0n) is 17.5. The molecule has 1 aliphatic rings. The molecule has 25 heavy (non-hydrogen) atoms. The fraction of sp³-hybridized carbons (Fsp3) is 0.810. The molecule has 1 heterocycles. The summed E-state index contributed by atoms with van der Waals surface area (Å²) in [6.45, 7) is 16.7. The van der Waals surface area contributed by atoms with Crippen molar-refractivity contribution in [3.8, 4) is 0 Å². The molecular formula is C21H40O3Si. The van der Waals surface area contributed by atoms with Gasteiger partial charge in [-0.3, -0.25) is 0 Å². The van der Waals surface area contributed by atoms with Gasteiger partial charge in [0.2, 0.25) is 0 Å². The summed E-state index contributed by atoms with van der Waals surface area (Å²) in [7, 11) is -1.85. The predicted octanol–water partition coefficient (Wildman–Crippen LogP) is 5.47. The summed E-state index contributed by atoms with van der Waals surface area (Å²) >= 11 is 0. The molecule has 4 heteroatoms. The van der Waals surface area contributed by atoms with Crippen molar-refractivity contribution >= 4 is 8.32 Å². The minimum absolute atomic E-state index is 0.0282. The van der Waals surface area contributed by atoms with E-state index in [4.69, 9.17) is 9.16 Å². The molecule has 146 valence electrons. The number of aliphatic hydroxyl groups is 1. The molecule has 1 rings (SSSR count). The average molecular weight is 369 g/mol. The van der Waals surface area contributed by atoms with Crippen molar-refractivity contribution in [2.75, 3.05) is 13.2 Å². The molecule has 3 nitrogen and oxygen atoms in total. The molecular weight excluding hydrogens is 328 g/mol. The third-order valence-corrected chi connectivity index (χ3v) is 9.96. The van der Waals surface area contributed by atoms with Crippen LogP contribution >= 0.6 is 0 Å². The smallest absolute Gasteiger partial charge is 0.193 e. The summed E-state index contributed by atoms with van der Waals surface area (Å²) in [5.74, 6) is 0.311. The second kappa shape index (κ2) is 10.1. The standard InChI is InChI=1S/C21H40O3Si/c1-17(15-18(2)16-22)11-10-13-20(19-12-8-9-14-23-19)24-25(6,7)21(3,4)5/h10-11,13,18-20,22H,8-9,12,14-16H2,1-7H3/b13-10+,17-11+/t18-,19+,20+/m1/s1. The van der Waals surface area contributed by atoms with Gasteiger partial charge in [-0.2, -0.15) is 0 Å². The van der Waals surface area contributed by atoms with E-state index in [-0.39, 0.29) is 23.9 Å². The van der Waals surface area contributed by atoms with E-state index in [2.05, 4.69) is 65.9 Å². The summed E-state index contributed by atoms with van der Waals surface area (Å²) in [6, 6.07) is 0. The van der Waals surface area contributed by atoms with Crippen LogP contribution in [0.5, 0.6) is 0 Å². The van der Waals surface area contributed by atoms with Gasteiger partial charge in [-0.15, -0.1) is 0 Å². The van der Waals surface area contributed by atoms with Gasteiger partial charge < -0.3 is 14.3 Å². The Morgan fingerprint density at radius 2 is 2.00 bits per heavy atom. The number of rotatable bonds is 8. The van der Waals surface area contributed by atoms with Gasteiger partial charge in [0.15, 0.2) is 8.32 Å². The highest BCUT2D eigenvalue weighted by atomic mass is 28.4. The molecule has 0 saturated carbocycles. The van der Waals surface area contributed by atoms with E-state index in [1.807, 2.05) is 0 Å². The maximum absolute atomic E-state index is 9.19. The molecule has 1 fully saturated rings. The maximum atomic E-state index is 9.19. The summed E-state index contributed by atoms with van der Waals surface area (Å²) in [5, 5.41) is 9.38. The van der Waals surface area contributed by atoms with Gasteiger partial charge in [0.1, 0.15) is 0 Å². The number of ether oxygens (including phenoxy) is 1. The van der Waals surface area contributed by atoms with Crippen LogP contribution in [0.3, 0.4) is 0 Å². The minimum Gasteiger partial charge on any atom is -0.408 e. The van der Waals surface area contributed by atoms with E-state index in [0.717, 1.165) is 25.9 Å². The fourth-order valence-corrected chi connectivity index (χ4v) is 4.06. The van der Waals surface area contributed by atoms with Crippen LogP contribution in [0.25, 0.3) is 0 Å². The topological polar surface area (TPSA) is 38.7 Å². The van der Waals surface area contributed by atoms with Crippen molar-refractivity contribution in [2.24, 2.45) is 5.92 Å². The van der Waals surface area contributed by atoms with Crippen molar-refractivity contribution in [1.82, 2.24) is 0 Å². The Morgan fingerprint density at radius 1 is 1.32 bits per heavy atom. The first-order valence-corrected chi connectivity index (χ1v) is 12.7. The Hall–Kier alpha value is -0.423. The molecule has 0 radical (unpaired) electrons. The summed E-state index contributed by atoms with van der Waals surface area (Å²) in [6.07, 6.45) is 11.0. The summed E-state index contributed by atoms with van der Waals surface area (Å²) in [4.78, 5) is 0. The average Bonchev–Trinajstić information content (AvgIpc) is 2.53. The Balaban J connectivity index is 2.84. The lowest BCUT2D eigenvalue weighted by Gasteiger charge is -2.41. The van der Waals surface area contributed by atoms with Crippen LogP contribution in [-0.4, -0.2) is 38.8 Å². The lowest BCUT2D eigenvalue weighted by molar-refractivity contribution is -0.0396. The lowest BCUT2D eigenvalue weighted by Crippen LogP contribution is -2.47. The SMILES string of the molecule is C/C(=C\C=C\[C@H](O[Si](C)(C)C(C)(C)C)[C@@H]1CCCCO1)C[C@@H](C)CO. The van der Waals surface area contributed by atoms with Crippen LogP contribution in [0.15, 0.2) is 23.8 Å². The highest BCUT2D eigenvalue weighted by Gasteiger charge is 2.40. The number of hydrogen-bond acceptors (Lipinski definition) is 3. The molecule has 0 unspecified atom stereocenters. The van der Waals surface area contributed by atoms with E-state index in [9.17, 15) is 5.11 Å². The Bertz CT molecular complexity index is 443. The number of hydrogen-bond donors (Lipinski definition) is 1. The van der Waals surface area contributed by atoms with Crippen LogP contribution in [0.2, 0.25) is 18.1 Å². The molecule has 1 aliphatic heterocycles. The van der Waals surface area contributed by atoms with Crippen LogP contribution in [-0.2, 0) is 9.16 Å². The van der Waals surface area contributed by atoms with Gasteiger partial charge in [0, 0.05) is 13.2 Å². The Labute approximate surface area is 156 Å². The molecule has 0 aromatic rings. The molecule has 1 saturated heterocycles. The Morgan fingerprint density at radius 3 is 2.52 bits per heavy atom. The minimum atomic E-state index is -1.85. The quantitative estimate of drug-likeness (QED) is 0.456. The third kappa shape index (κ3) is 7.77. The first-order chi connectivity index (χ1) is 11.6. The Kier molecular flexibility index (Phi) is 9.09. The second-order valence-electron chi connectivity index (χ2n) is 9.14. The van der Waals surface area contributed by atoms with Gasteiger partial charge in [-0.1, -0.05) is 51.5 Å². The van der Waals surface area contributed by atoms with Crippen LogP contribution in [0.4, 0.5) is 0 Å². The van der Waals surface area contributed by atoms with E-state index in [1.165, 1.54) is 12.0 Å². The van der Waals surface area contributed by atoms with E-state index >= 15 is 0 Å². The number of aliphatic hydroxyl groups excluding tert-OH is 1. The van der Waals surface area contributed by atoms with Gasteiger partial charge in [0.25, 0.3) is 0 Å². The fourth-order valence-electron chi connectivity index (χ4n) is 2.79. The van der Waals surface area contributed by atoms with Gasteiger partial charge in [-0.05, 0) is 56.7 Å². The number of allylic oxidation sites excluding steroid dienone is 3. The molecule has 3 atom stereocenters. The largest absolute Gasteiger partial charge is 0.408 e. The molecule has 0 aliphatic carbocycles. The van der Waals surface area contributed by atoms with Crippen LogP contribution < -0.4 is 0 Å². The van der Waals surface area contributed by atoms with Gasteiger partial charge >= 0.3 is 0 Å². The van der Waals surface area contributed by atoms with Gasteiger partial charge in [-0.25, -0.2) is 0 Å². The monoisotopic (exact) mass is 368 g/mol. The van der Waals surface area contributed by atoms with Crippen molar-refractivity contribution in [3.05, 3.63) is 23.8 Å². The van der Waals surface area contributed by atoms with Crippen LogP contribution in [0.1, 0.15) is 60.3 Å². The van der Waals surface area contributed by atoms with Gasteiger partial charge in [0.05, 0.1) is 12.2 Å². The lowest BCUT2D eigenvalue weighted by atomic mass is 10.0. The summed E-state index contributed by atoms with van der Waals surface area (Å²) in [5.41, 5.74) is 1.29. The van der Waals surface area contributed by atoms with E-state index in [0.29, 0.717) is 5.92 Å². The maximum Gasteiger partial charge on any atom is 0.193 e. The molecule has 0 amide bonds.